The van der Waals surface area contributed by atoms with E-state index in [2.05, 4.69) is 0 Å². The second kappa shape index (κ2) is 5.09. The molecular weight excluding hydrogens is 256 g/mol. The molecule has 1 aliphatic heterocycles. The monoisotopic (exact) mass is 278 g/mol. The molecule has 0 aliphatic carbocycles. The number of phenols is 1. The molecule has 0 aromatic heterocycles. The zero-order chi connectivity index (χ0) is 15.1. The van der Waals surface area contributed by atoms with E-state index in [9.17, 15) is 9.90 Å². The number of carbonyl (C=O) groups excluding carboxylic acids is 1. The van der Waals surface area contributed by atoms with Crippen molar-refractivity contribution in [1.82, 2.24) is 0 Å². The smallest absolute Gasteiger partial charge is 0.312 e. The molecule has 0 fully saturated rings. The molecule has 0 atom stereocenters. The molecular formula is C16H22O4. The van der Waals surface area contributed by atoms with Gasteiger partial charge in [-0.15, -0.1) is 0 Å². The van der Waals surface area contributed by atoms with Gasteiger partial charge in [0.05, 0.1) is 6.42 Å². The van der Waals surface area contributed by atoms with E-state index in [-0.39, 0.29) is 23.7 Å². The zero-order valence-electron chi connectivity index (χ0n) is 12.5. The molecule has 110 valence electrons. The summed E-state index contributed by atoms with van der Waals surface area (Å²) in [6.45, 7) is 7.77. The molecule has 1 aromatic carbocycles. The molecule has 2 rings (SSSR count). The van der Waals surface area contributed by atoms with Crippen LogP contribution in [-0.4, -0.2) is 22.8 Å². The highest BCUT2D eigenvalue weighted by atomic mass is 16.5. The van der Waals surface area contributed by atoms with Crippen LogP contribution in [0.1, 0.15) is 48.9 Å². The number of aliphatic hydroxyl groups is 1. The summed E-state index contributed by atoms with van der Waals surface area (Å²) in [6.07, 6.45) is 1.46. The molecule has 0 unspecified atom stereocenters. The van der Waals surface area contributed by atoms with Gasteiger partial charge < -0.3 is 14.9 Å². The van der Waals surface area contributed by atoms with Crippen molar-refractivity contribution in [3.05, 3.63) is 22.3 Å². The number of hydrogen-bond acceptors (Lipinski definition) is 4. The molecule has 0 saturated heterocycles. The van der Waals surface area contributed by atoms with Gasteiger partial charge in [-0.1, -0.05) is 13.8 Å². The first-order valence-corrected chi connectivity index (χ1v) is 6.96. The van der Waals surface area contributed by atoms with Crippen LogP contribution in [0.15, 0.2) is 0 Å². The Balaban J connectivity index is 2.67. The molecule has 1 aromatic rings. The van der Waals surface area contributed by atoms with E-state index in [1.165, 1.54) is 0 Å². The quantitative estimate of drug-likeness (QED) is 0.658. The van der Waals surface area contributed by atoms with Crippen LogP contribution in [0.5, 0.6) is 11.5 Å². The molecule has 1 heterocycles. The number of ether oxygens (including phenoxy) is 1. The van der Waals surface area contributed by atoms with E-state index in [4.69, 9.17) is 9.84 Å². The lowest BCUT2D eigenvalue weighted by Gasteiger charge is -2.34. The maximum absolute atomic E-state index is 11.8. The number of aliphatic hydroxyl groups excluding tert-OH is 1. The first kappa shape index (κ1) is 14.9. The number of benzene rings is 1. The fraction of sp³-hybridized carbons (Fsp3) is 0.562. The van der Waals surface area contributed by atoms with Crippen molar-refractivity contribution >= 4 is 5.97 Å². The van der Waals surface area contributed by atoms with Gasteiger partial charge in [0.25, 0.3) is 0 Å². The maximum Gasteiger partial charge on any atom is 0.312 e. The van der Waals surface area contributed by atoms with Crippen LogP contribution in [-0.2, 0) is 16.6 Å². The number of aromatic hydroxyl groups is 1. The molecule has 4 nitrogen and oxygen atoms in total. The summed E-state index contributed by atoms with van der Waals surface area (Å²) in [5.74, 6) is 0.624. The Labute approximate surface area is 119 Å². The highest BCUT2D eigenvalue weighted by molar-refractivity contribution is 5.80. The average molecular weight is 278 g/mol. The summed E-state index contributed by atoms with van der Waals surface area (Å²) in [5.41, 5.74) is 2.92. The Bertz CT molecular complexity index is 558. The number of esters is 1. The Hall–Kier alpha value is -1.55. The van der Waals surface area contributed by atoms with Crippen LogP contribution in [0.3, 0.4) is 0 Å². The maximum atomic E-state index is 11.8. The number of carbonyl (C=O) groups is 1. The summed E-state index contributed by atoms with van der Waals surface area (Å²) in [6, 6.07) is 0. The minimum Gasteiger partial charge on any atom is -0.507 e. The third-order valence-corrected chi connectivity index (χ3v) is 4.10. The molecule has 2 N–H and O–H groups in total. The second-order valence-corrected chi connectivity index (χ2v) is 6.14. The second-order valence-electron chi connectivity index (χ2n) is 6.14. The lowest BCUT2D eigenvalue weighted by Crippen LogP contribution is -2.32. The largest absolute Gasteiger partial charge is 0.507 e. The van der Waals surface area contributed by atoms with Gasteiger partial charge in [-0.05, 0) is 37.8 Å². The predicted octanol–water partition coefficient (Wildman–Crippen LogP) is 2.52. The fourth-order valence-electron chi connectivity index (χ4n) is 3.12. The Morgan fingerprint density at radius 1 is 1.25 bits per heavy atom. The molecule has 1 aliphatic rings. The minimum absolute atomic E-state index is 0.0697. The highest BCUT2D eigenvalue weighted by Crippen LogP contribution is 2.47. The molecule has 0 saturated carbocycles. The lowest BCUT2D eigenvalue weighted by molar-refractivity contribution is -0.137. The Morgan fingerprint density at radius 3 is 2.50 bits per heavy atom. The number of hydrogen-bond donors (Lipinski definition) is 2. The van der Waals surface area contributed by atoms with Crippen LogP contribution in [0.4, 0.5) is 0 Å². The summed E-state index contributed by atoms with van der Waals surface area (Å²) < 4.78 is 5.44. The molecule has 0 bridgehead atoms. The van der Waals surface area contributed by atoms with Gasteiger partial charge in [0.2, 0.25) is 0 Å². The number of rotatable bonds is 3. The van der Waals surface area contributed by atoms with Gasteiger partial charge in [0.1, 0.15) is 11.5 Å². The number of fused-ring (bicyclic) bond motifs is 1. The van der Waals surface area contributed by atoms with Crippen LogP contribution in [0, 0.1) is 13.8 Å². The molecule has 4 heteroatoms. The summed E-state index contributed by atoms with van der Waals surface area (Å²) in [5, 5.41) is 19.4. The van der Waals surface area contributed by atoms with Crippen molar-refractivity contribution in [3.8, 4) is 11.5 Å². The third kappa shape index (κ3) is 2.29. The minimum atomic E-state index is -0.341. The topological polar surface area (TPSA) is 66.8 Å². The summed E-state index contributed by atoms with van der Waals surface area (Å²) in [7, 11) is 0. The standard InChI is InChI=1S/C16H22O4/c1-9-11(6-5-7-17)14(19)10(2)13-15(9)20-12(18)8-16(13,3)4/h17,19H,5-8H2,1-4H3. The summed E-state index contributed by atoms with van der Waals surface area (Å²) >= 11 is 0. The van der Waals surface area contributed by atoms with Crippen molar-refractivity contribution in [2.45, 2.75) is 52.4 Å². The van der Waals surface area contributed by atoms with Crippen molar-refractivity contribution < 1.29 is 19.7 Å². The summed E-state index contributed by atoms with van der Waals surface area (Å²) in [4.78, 5) is 11.8. The van der Waals surface area contributed by atoms with Gasteiger partial charge in [-0.25, -0.2) is 0 Å². The van der Waals surface area contributed by atoms with E-state index in [1.807, 2.05) is 27.7 Å². The molecule has 0 amide bonds. The van der Waals surface area contributed by atoms with Crippen LogP contribution in [0.2, 0.25) is 0 Å². The van der Waals surface area contributed by atoms with Gasteiger partial charge in [0.15, 0.2) is 0 Å². The van der Waals surface area contributed by atoms with Crippen molar-refractivity contribution in [1.29, 1.82) is 0 Å². The van der Waals surface area contributed by atoms with E-state index < -0.39 is 0 Å². The van der Waals surface area contributed by atoms with E-state index in [0.717, 1.165) is 22.3 Å². The number of phenolic OH excluding ortho intramolecular Hbond substituents is 1. The predicted molar refractivity (Wildman–Crippen MR) is 76.3 cm³/mol. The van der Waals surface area contributed by atoms with Gasteiger partial charge in [-0.3, -0.25) is 4.79 Å². The first-order valence-electron chi connectivity index (χ1n) is 6.96. The lowest BCUT2D eigenvalue weighted by atomic mass is 9.75. The van der Waals surface area contributed by atoms with Crippen molar-refractivity contribution in [2.75, 3.05) is 6.61 Å². The van der Waals surface area contributed by atoms with Crippen LogP contribution >= 0.6 is 0 Å². The third-order valence-electron chi connectivity index (χ3n) is 4.10. The molecule has 0 spiro atoms. The van der Waals surface area contributed by atoms with Gasteiger partial charge >= 0.3 is 5.97 Å². The Morgan fingerprint density at radius 2 is 1.90 bits per heavy atom. The molecule has 0 radical (unpaired) electrons. The van der Waals surface area contributed by atoms with Crippen LogP contribution < -0.4 is 4.74 Å². The van der Waals surface area contributed by atoms with Gasteiger partial charge in [-0.2, -0.15) is 0 Å². The van der Waals surface area contributed by atoms with E-state index in [1.54, 1.807) is 0 Å². The van der Waals surface area contributed by atoms with Crippen LogP contribution in [0.25, 0.3) is 0 Å². The van der Waals surface area contributed by atoms with Crippen molar-refractivity contribution in [2.24, 2.45) is 0 Å². The zero-order valence-corrected chi connectivity index (χ0v) is 12.5. The molecule has 20 heavy (non-hydrogen) atoms. The Kier molecular flexibility index (Phi) is 3.78. The average Bonchev–Trinajstić information content (AvgIpc) is 2.34. The fourth-order valence-corrected chi connectivity index (χ4v) is 3.12. The van der Waals surface area contributed by atoms with Crippen molar-refractivity contribution in [3.63, 3.8) is 0 Å². The van der Waals surface area contributed by atoms with E-state index >= 15 is 0 Å². The first-order chi connectivity index (χ1) is 9.29. The SMILES string of the molecule is Cc1c(CCCO)c(O)c(C)c2c1OC(=O)CC2(C)C. The van der Waals surface area contributed by atoms with E-state index in [0.29, 0.717) is 25.0 Å². The van der Waals surface area contributed by atoms with Gasteiger partial charge in [0, 0.05) is 23.1 Å². The normalized spacial score (nSPS) is 16.8. The highest BCUT2D eigenvalue weighted by Gasteiger charge is 2.38.